The molecule has 1 aliphatic heterocycles. The monoisotopic (exact) mass is 280 g/mol. The molecule has 0 bridgehead atoms. The Morgan fingerprint density at radius 3 is 2.60 bits per heavy atom. The number of ether oxygens (including phenoxy) is 3. The summed E-state index contributed by atoms with van der Waals surface area (Å²) in [7, 11) is 1.49. The summed E-state index contributed by atoms with van der Waals surface area (Å²) in [4.78, 5) is 12.4. The number of hydrogen-bond donors (Lipinski definition) is 0. The van der Waals surface area contributed by atoms with Crippen LogP contribution >= 0.6 is 0 Å². The van der Waals surface area contributed by atoms with Crippen LogP contribution in [0.4, 0.5) is 0 Å². The first-order valence-corrected chi connectivity index (χ1v) is 7.48. The molecule has 3 rings (SSSR count). The van der Waals surface area contributed by atoms with Gasteiger partial charge in [0.15, 0.2) is 0 Å². The van der Waals surface area contributed by atoms with Gasteiger partial charge in [0, 0.05) is 0 Å². The third-order valence-corrected chi connectivity index (χ3v) is 5.34. The molecule has 1 heterocycles. The van der Waals surface area contributed by atoms with E-state index in [-0.39, 0.29) is 17.0 Å². The fourth-order valence-corrected chi connectivity index (χ4v) is 4.12. The standard InChI is InChI=1S/C16H24O4/c1-14(2)4-6-16(13(17)18-3)7-5-15(10-12(14)16)11-19-8-9-20-15/h10H,4-9,11H2,1-3H3. The molecule has 4 heteroatoms. The van der Waals surface area contributed by atoms with E-state index in [2.05, 4.69) is 19.9 Å². The summed E-state index contributed by atoms with van der Waals surface area (Å²) in [6, 6.07) is 0. The van der Waals surface area contributed by atoms with E-state index in [0.29, 0.717) is 19.8 Å². The van der Waals surface area contributed by atoms with Crippen LogP contribution in [-0.2, 0) is 19.0 Å². The summed E-state index contributed by atoms with van der Waals surface area (Å²) >= 11 is 0. The van der Waals surface area contributed by atoms with Gasteiger partial charge in [-0.3, -0.25) is 4.79 Å². The van der Waals surface area contributed by atoms with Crippen molar-refractivity contribution < 1.29 is 19.0 Å². The second-order valence-electron chi connectivity index (χ2n) is 6.98. The van der Waals surface area contributed by atoms with Gasteiger partial charge >= 0.3 is 5.97 Å². The lowest BCUT2D eigenvalue weighted by atomic mass is 9.66. The summed E-state index contributed by atoms with van der Waals surface area (Å²) in [6.07, 6.45) is 5.74. The molecule has 0 radical (unpaired) electrons. The Morgan fingerprint density at radius 2 is 1.95 bits per heavy atom. The second-order valence-corrected chi connectivity index (χ2v) is 6.98. The first-order chi connectivity index (χ1) is 9.44. The van der Waals surface area contributed by atoms with Crippen molar-refractivity contribution in [2.45, 2.75) is 45.1 Å². The molecular formula is C16H24O4. The van der Waals surface area contributed by atoms with E-state index in [1.165, 1.54) is 12.7 Å². The van der Waals surface area contributed by atoms with E-state index in [4.69, 9.17) is 14.2 Å². The topological polar surface area (TPSA) is 44.8 Å². The van der Waals surface area contributed by atoms with Crippen molar-refractivity contribution >= 4 is 5.97 Å². The van der Waals surface area contributed by atoms with Crippen LogP contribution in [0.1, 0.15) is 39.5 Å². The lowest BCUT2D eigenvalue weighted by Gasteiger charge is -2.45. The predicted octanol–water partition coefficient (Wildman–Crippen LogP) is 2.47. The highest BCUT2D eigenvalue weighted by molar-refractivity contribution is 5.82. The summed E-state index contributed by atoms with van der Waals surface area (Å²) in [5, 5.41) is 0. The van der Waals surface area contributed by atoms with E-state index >= 15 is 0 Å². The van der Waals surface area contributed by atoms with Crippen molar-refractivity contribution in [2.24, 2.45) is 10.8 Å². The Morgan fingerprint density at radius 1 is 1.20 bits per heavy atom. The fraction of sp³-hybridized carbons (Fsp3) is 0.812. The summed E-state index contributed by atoms with van der Waals surface area (Å²) in [5.41, 5.74) is 0.480. The van der Waals surface area contributed by atoms with Gasteiger partial charge in [-0.05, 0) is 42.7 Å². The minimum absolute atomic E-state index is 0.0302. The van der Waals surface area contributed by atoms with E-state index in [0.717, 1.165) is 25.7 Å². The van der Waals surface area contributed by atoms with Gasteiger partial charge < -0.3 is 14.2 Å². The molecule has 1 spiro atoms. The average Bonchev–Trinajstić information content (AvgIpc) is 2.72. The Hall–Kier alpha value is -0.870. The maximum atomic E-state index is 12.4. The van der Waals surface area contributed by atoms with Crippen LogP contribution in [0, 0.1) is 10.8 Å². The van der Waals surface area contributed by atoms with Gasteiger partial charge in [0.2, 0.25) is 0 Å². The number of rotatable bonds is 1. The predicted molar refractivity (Wildman–Crippen MR) is 74.3 cm³/mol. The highest BCUT2D eigenvalue weighted by Crippen LogP contribution is 2.60. The minimum Gasteiger partial charge on any atom is -0.468 e. The number of carbonyl (C=O) groups is 1. The third kappa shape index (κ3) is 1.92. The third-order valence-electron chi connectivity index (χ3n) is 5.34. The Labute approximate surface area is 120 Å². The molecule has 0 aromatic carbocycles. The van der Waals surface area contributed by atoms with Gasteiger partial charge in [-0.25, -0.2) is 0 Å². The molecule has 0 aromatic rings. The first kappa shape index (κ1) is 14.1. The lowest BCUT2D eigenvalue weighted by molar-refractivity contribution is -0.159. The minimum atomic E-state index is -0.426. The molecule has 2 unspecified atom stereocenters. The second kappa shape index (κ2) is 4.57. The molecule has 0 N–H and O–H groups in total. The van der Waals surface area contributed by atoms with Gasteiger partial charge in [-0.1, -0.05) is 13.8 Å². The van der Waals surface area contributed by atoms with Crippen LogP contribution in [0.5, 0.6) is 0 Å². The van der Waals surface area contributed by atoms with E-state index in [9.17, 15) is 4.79 Å². The van der Waals surface area contributed by atoms with E-state index in [1.54, 1.807) is 0 Å². The van der Waals surface area contributed by atoms with E-state index in [1.807, 2.05) is 0 Å². The zero-order valence-electron chi connectivity index (χ0n) is 12.7. The summed E-state index contributed by atoms with van der Waals surface area (Å²) in [5.74, 6) is -0.0825. The molecule has 20 heavy (non-hydrogen) atoms. The van der Waals surface area contributed by atoms with Gasteiger partial charge in [0.05, 0.1) is 32.3 Å². The molecule has 2 aliphatic carbocycles. The molecule has 2 fully saturated rings. The first-order valence-electron chi connectivity index (χ1n) is 7.48. The van der Waals surface area contributed by atoms with Gasteiger partial charge in [0.1, 0.15) is 5.60 Å². The Kier molecular flexibility index (Phi) is 3.22. The van der Waals surface area contributed by atoms with Gasteiger partial charge in [-0.2, -0.15) is 0 Å². The summed E-state index contributed by atoms with van der Waals surface area (Å²) in [6.45, 7) is 6.33. The molecule has 3 aliphatic rings. The van der Waals surface area contributed by atoms with Crippen LogP contribution in [0.2, 0.25) is 0 Å². The zero-order valence-corrected chi connectivity index (χ0v) is 12.7. The van der Waals surface area contributed by atoms with Crippen LogP contribution in [0.3, 0.4) is 0 Å². The van der Waals surface area contributed by atoms with Crippen molar-refractivity contribution in [1.29, 1.82) is 0 Å². The molecule has 1 saturated carbocycles. The van der Waals surface area contributed by atoms with Crippen molar-refractivity contribution in [2.75, 3.05) is 26.9 Å². The van der Waals surface area contributed by atoms with Crippen molar-refractivity contribution in [3.05, 3.63) is 11.6 Å². The molecule has 4 nitrogen and oxygen atoms in total. The largest absolute Gasteiger partial charge is 0.468 e. The molecule has 2 atom stereocenters. The fourth-order valence-electron chi connectivity index (χ4n) is 4.12. The highest BCUT2D eigenvalue weighted by Gasteiger charge is 2.57. The lowest BCUT2D eigenvalue weighted by Crippen LogP contribution is -2.48. The number of hydrogen-bond acceptors (Lipinski definition) is 4. The smallest absolute Gasteiger partial charge is 0.315 e. The zero-order chi connectivity index (χ0) is 14.4. The highest BCUT2D eigenvalue weighted by atomic mass is 16.6. The van der Waals surface area contributed by atoms with Crippen molar-refractivity contribution in [3.63, 3.8) is 0 Å². The maximum absolute atomic E-state index is 12.4. The number of fused-ring (bicyclic) bond motifs is 1. The Balaban J connectivity index is 2.03. The molecule has 0 aromatic heterocycles. The molecule has 0 amide bonds. The van der Waals surface area contributed by atoms with Crippen LogP contribution in [0.15, 0.2) is 11.6 Å². The van der Waals surface area contributed by atoms with Gasteiger partial charge in [-0.15, -0.1) is 0 Å². The number of methoxy groups -OCH3 is 1. The Bertz CT molecular complexity index is 445. The normalized spacial score (nSPS) is 39.2. The molecular weight excluding hydrogens is 256 g/mol. The average molecular weight is 280 g/mol. The summed E-state index contributed by atoms with van der Waals surface area (Å²) < 4.78 is 16.7. The maximum Gasteiger partial charge on any atom is 0.315 e. The number of esters is 1. The van der Waals surface area contributed by atoms with Gasteiger partial charge in [0.25, 0.3) is 0 Å². The molecule has 112 valence electrons. The molecule has 1 saturated heterocycles. The van der Waals surface area contributed by atoms with Crippen LogP contribution < -0.4 is 0 Å². The van der Waals surface area contributed by atoms with E-state index < -0.39 is 5.41 Å². The SMILES string of the molecule is COC(=O)C12CCC3(C=C1C(C)(C)CC2)COCCO3. The van der Waals surface area contributed by atoms with Crippen molar-refractivity contribution in [3.8, 4) is 0 Å². The number of carbonyl (C=O) groups excluding carboxylic acids is 1. The quantitative estimate of drug-likeness (QED) is 0.547. The van der Waals surface area contributed by atoms with Crippen LogP contribution in [-0.4, -0.2) is 38.5 Å². The van der Waals surface area contributed by atoms with Crippen LogP contribution in [0.25, 0.3) is 0 Å². The van der Waals surface area contributed by atoms with Crippen molar-refractivity contribution in [1.82, 2.24) is 0 Å².